The van der Waals surface area contributed by atoms with Crippen LogP contribution in [0.25, 0.3) is 0 Å². The summed E-state index contributed by atoms with van der Waals surface area (Å²) >= 11 is 0. The van der Waals surface area contributed by atoms with Gasteiger partial charge in [-0.25, -0.2) is 0 Å². The zero-order chi connectivity index (χ0) is 16.4. The molecule has 6 nitrogen and oxygen atoms in total. The van der Waals surface area contributed by atoms with Crippen molar-refractivity contribution in [2.45, 2.75) is 32.6 Å². The summed E-state index contributed by atoms with van der Waals surface area (Å²) in [6.07, 6.45) is 4.69. The van der Waals surface area contributed by atoms with E-state index in [-0.39, 0.29) is 0 Å². The summed E-state index contributed by atoms with van der Waals surface area (Å²) < 4.78 is 16.6. The molecule has 134 valence electrons. The van der Waals surface area contributed by atoms with E-state index in [4.69, 9.17) is 14.2 Å². The number of hydrogen-bond acceptors (Lipinski definition) is 4. The summed E-state index contributed by atoms with van der Waals surface area (Å²) in [5.74, 6) is 0.983. The molecule has 23 heavy (non-hydrogen) atoms. The van der Waals surface area contributed by atoms with Crippen molar-refractivity contribution >= 4 is 5.96 Å². The first-order valence-electron chi connectivity index (χ1n) is 8.98. The minimum atomic E-state index is 0.365. The number of ether oxygens (including phenoxy) is 3. The Morgan fingerprint density at radius 3 is 2.74 bits per heavy atom. The Balaban J connectivity index is 1.54. The van der Waals surface area contributed by atoms with Crippen LogP contribution in [-0.2, 0) is 14.2 Å². The summed E-state index contributed by atoms with van der Waals surface area (Å²) in [7, 11) is 1.85. The van der Waals surface area contributed by atoms with Gasteiger partial charge in [0.1, 0.15) is 0 Å². The van der Waals surface area contributed by atoms with Crippen LogP contribution in [-0.4, -0.2) is 77.2 Å². The Hall–Kier alpha value is -0.850. The SMILES string of the molecule is CCCCOCCOCCNC(=NC)N1CCC2(CCOC2)C1. The van der Waals surface area contributed by atoms with Gasteiger partial charge in [0, 0.05) is 45.3 Å². The highest BCUT2D eigenvalue weighted by Crippen LogP contribution is 2.38. The van der Waals surface area contributed by atoms with Crippen LogP contribution < -0.4 is 5.32 Å². The molecule has 1 atom stereocenters. The number of unbranched alkanes of at least 4 members (excludes halogenated alkanes) is 1. The standard InChI is InChI=1S/C17H33N3O3/c1-3-4-9-21-12-13-22-11-7-19-16(18-2)20-8-5-17(14-20)6-10-23-15-17/h3-15H2,1-2H3,(H,18,19). The fourth-order valence-electron chi connectivity index (χ4n) is 3.22. The number of guanidine groups is 1. The highest BCUT2D eigenvalue weighted by Gasteiger charge is 2.42. The van der Waals surface area contributed by atoms with Gasteiger partial charge in [-0.15, -0.1) is 0 Å². The molecule has 0 aromatic carbocycles. The topological polar surface area (TPSA) is 55.3 Å². The lowest BCUT2D eigenvalue weighted by atomic mass is 9.87. The molecule has 0 aromatic heterocycles. The normalized spacial score (nSPS) is 24.8. The summed E-state index contributed by atoms with van der Waals surface area (Å²) in [5.41, 5.74) is 0.365. The zero-order valence-corrected chi connectivity index (χ0v) is 14.8. The molecule has 0 bridgehead atoms. The van der Waals surface area contributed by atoms with Crippen LogP contribution in [0.4, 0.5) is 0 Å². The van der Waals surface area contributed by atoms with Crippen LogP contribution in [0.5, 0.6) is 0 Å². The maximum Gasteiger partial charge on any atom is 0.193 e. The van der Waals surface area contributed by atoms with E-state index in [0.29, 0.717) is 25.2 Å². The van der Waals surface area contributed by atoms with Gasteiger partial charge in [-0.3, -0.25) is 4.99 Å². The average Bonchev–Trinajstić information content (AvgIpc) is 3.20. The van der Waals surface area contributed by atoms with E-state index in [9.17, 15) is 0 Å². The van der Waals surface area contributed by atoms with E-state index in [1.165, 1.54) is 19.3 Å². The third-order valence-electron chi connectivity index (χ3n) is 4.68. The Labute approximate surface area is 140 Å². The van der Waals surface area contributed by atoms with Crippen molar-refractivity contribution < 1.29 is 14.2 Å². The molecule has 1 spiro atoms. The lowest BCUT2D eigenvalue weighted by Gasteiger charge is -2.24. The van der Waals surface area contributed by atoms with E-state index in [0.717, 1.165) is 51.8 Å². The van der Waals surface area contributed by atoms with Gasteiger partial charge in [0.15, 0.2) is 5.96 Å². The summed E-state index contributed by atoms with van der Waals surface area (Å²) in [6.45, 7) is 9.74. The number of nitrogens with zero attached hydrogens (tertiary/aromatic N) is 2. The van der Waals surface area contributed by atoms with Crippen molar-refractivity contribution in [1.29, 1.82) is 0 Å². The Morgan fingerprint density at radius 1 is 1.22 bits per heavy atom. The predicted octanol–water partition coefficient (Wildman–Crippen LogP) is 1.51. The minimum Gasteiger partial charge on any atom is -0.381 e. The molecule has 6 heteroatoms. The molecule has 2 heterocycles. The molecule has 0 radical (unpaired) electrons. The second-order valence-corrected chi connectivity index (χ2v) is 6.53. The summed E-state index contributed by atoms with van der Waals surface area (Å²) in [5, 5.41) is 3.40. The second kappa shape index (κ2) is 10.1. The monoisotopic (exact) mass is 327 g/mol. The van der Waals surface area contributed by atoms with Gasteiger partial charge in [0.05, 0.1) is 26.4 Å². The van der Waals surface area contributed by atoms with E-state index in [1.54, 1.807) is 0 Å². The van der Waals surface area contributed by atoms with E-state index in [2.05, 4.69) is 22.1 Å². The first-order chi connectivity index (χ1) is 11.3. The molecule has 0 aromatic rings. The van der Waals surface area contributed by atoms with E-state index in [1.807, 2.05) is 7.05 Å². The van der Waals surface area contributed by atoms with Crippen molar-refractivity contribution in [3.63, 3.8) is 0 Å². The van der Waals surface area contributed by atoms with Crippen LogP contribution in [0.2, 0.25) is 0 Å². The van der Waals surface area contributed by atoms with Crippen LogP contribution in [0.15, 0.2) is 4.99 Å². The number of likely N-dealkylation sites (tertiary alicyclic amines) is 1. The number of aliphatic imine (C=N–C) groups is 1. The fourth-order valence-corrected chi connectivity index (χ4v) is 3.22. The molecule has 2 fully saturated rings. The molecular weight excluding hydrogens is 294 g/mol. The van der Waals surface area contributed by atoms with Crippen molar-refractivity contribution in [3.8, 4) is 0 Å². The van der Waals surface area contributed by atoms with Gasteiger partial charge in [0.2, 0.25) is 0 Å². The zero-order valence-electron chi connectivity index (χ0n) is 14.8. The lowest BCUT2D eigenvalue weighted by Crippen LogP contribution is -2.42. The van der Waals surface area contributed by atoms with Gasteiger partial charge in [-0.05, 0) is 19.3 Å². The predicted molar refractivity (Wildman–Crippen MR) is 92.0 cm³/mol. The molecule has 1 unspecified atom stereocenters. The Morgan fingerprint density at radius 2 is 2.04 bits per heavy atom. The van der Waals surface area contributed by atoms with Gasteiger partial charge in [-0.2, -0.15) is 0 Å². The first-order valence-corrected chi connectivity index (χ1v) is 8.98. The first kappa shape index (κ1) is 18.5. The van der Waals surface area contributed by atoms with Crippen molar-refractivity contribution in [1.82, 2.24) is 10.2 Å². The van der Waals surface area contributed by atoms with Gasteiger partial charge in [0.25, 0.3) is 0 Å². The van der Waals surface area contributed by atoms with Gasteiger partial charge < -0.3 is 24.4 Å². The van der Waals surface area contributed by atoms with Crippen molar-refractivity contribution in [2.75, 3.05) is 66.3 Å². The quantitative estimate of drug-likeness (QED) is 0.395. The number of nitrogens with one attached hydrogen (secondary N) is 1. The minimum absolute atomic E-state index is 0.365. The fraction of sp³-hybridized carbons (Fsp3) is 0.941. The molecule has 0 aliphatic carbocycles. The van der Waals surface area contributed by atoms with Crippen LogP contribution in [0.3, 0.4) is 0 Å². The molecular formula is C17H33N3O3. The number of rotatable bonds is 9. The largest absolute Gasteiger partial charge is 0.381 e. The van der Waals surface area contributed by atoms with Crippen LogP contribution in [0.1, 0.15) is 32.6 Å². The molecule has 0 amide bonds. The third kappa shape index (κ3) is 5.94. The summed E-state index contributed by atoms with van der Waals surface area (Å²) in [6, 6.07) is 0. The third-order valence-corrected chi connectivity index (χ3v) is 4.68. The smallest absolute Gasteiger partial charge is 0.193 e. The number of hydrogen-bond donors (Lipinski definition) is 1. The van der Waals surface area contributed by atoms with Crippen molar-refractivity contribution in [2.24, 2.45) is 10.4 Å². The van der Waals surface area contributed by atoms with E-state index < -0.39 is 0 Å². The maximum atomic E-state index is 5.59. The maximum absolute atomic E-state index is 5.59. The average molecular weight is 327 g/mol. The van der Waals surface area contributed by atoms with Crippen molar-refractivity contribution in [3.05, 3.63) is 0 Å². The molecule has 2 saturated heterocycles. The highest BCUT2D eigenvalue weighted by molar-refractivity contribution is 5.80. The molecule has 0 saturated carbocycles. The second-order valence-electron chi connectivity index (χ2n) is 6.53. The van der Waals surface area contributed by atoms with Crippen LogP contribution in [0, 0.1) is 5.41 Å². The molecule has 2 rings (SSSR count). The highest BCUT2D eigenvalue weighted by atomic mass is 16.5. The van der Waals surface area contributed by atoms with E-state index >= 15 is 0 Å². The Kier molecular flexibility index (Phi) is 8.12. The summed E-state index contributed by atoms with van der Waals surface area (Å²) in [4.78, 5) is 6.75. The Bertz CT molecular complexity index is 357. The molecule has 2 aliphatic heterocycles. The van der Waals surface area contributed by atoms with Gasteiger partial charge in [-0.1, -0.05) is 13.3 Å². The van der Waals surface area contributed by atoms with Crippen LogP contribution >= 0.6 is 0 Å². The van der Waals surface area contributed by atoms with Gasteiger partial charge >= 0.3 is 0 Å². The molecule has 1 N–H and O–H groups in total. The molecule has 2 aliphatic rings. The lowest BCUT2D eigenvalue weighted by molar-refractivity contribution is 0.0486.